The van der Waals surface area contributed by atoms with Gasteiger partial charge in [-0.1, -0.05) is 23.7 Å². The number of nitrogens with zero attached hydrogens (tertiary/aromatic N) is 3. The molecule has 2 aliphatic rings. The number of furan rings is 1. The minimum Gasteiger partial charge on any atom is -0.469 e. The monoisotopic (exact) mass is 559 g/mol. The number of pyridine rings is 1. The highest BCUT2D eigenvalue weighted by Gasteiger charge is 2.36. The molecule has 0 spiro atoms. The Kier molecular flexibility index (Phi) is 6.89. The maximum atomic E-state index is 13.8. The van der Waals surface area contributed by atoms with Gasteiger partial charge in [-0.25, -0.2) is 4.79 Å². The normalized spacial score (nSPS) is 14.7. The van der Waals surface area contributed by atoms with Crippen molar-refractivity contribution >= 4 is 51.8 Å². The van der Waals surface area contributed by atoms with Gasteiger partial charge in [-0.15, -0.1) is 0 Å². The van der Waals surface area contributed by atoms with E-state index in [0.29, 0.717) is 30.0 Å². The number of hydrogen-bond acceptors (Lipinski definition) is 8. The molecular formula is C30H26ClN3O6. The zero-order valence-corrected chi connectivity index (χ0v) is 22.5. The zero-order chi connectivity index (χ0) is 27.8. The number of rotatable bonds is 7. The van der Waals surface area contributed by atoms with Gasteiger partial charge < -0.3 is 23.7 Å². The summed E-state index contributed by atoms with van der Waals surface area (Å²) in [7, 11) is 1.33. The number of hydrogen-bond donors (Lipinski definition) is 0. The highest BCUT2D eigenvalue weighted by Crippen LogP contribution is 2.40. The molecule has 1 saturated carbocycles. The molecule has 0 N–H and O–H groups in total. The second kappa shape index (κ2) is 10.7. The SMILES string of the molecule is COC(=O)CCc1coc2cc(Cl)c(C(=O)Oc3ccncc3C(=O)N3CCN(C4CC4)c4ccccc43)cc12. The van der Waals surface area contributed by atoms with Gasteiger partial charge >= 0.3 is 11.9 Å². The van der Waals surface area contributed by atoms with Crippen molar-refractivity contribution in [3.8, 4) is 5.75 Å². The van der Waals surface area contributed by atoms with Crippen LogP contribution in [0, 0.1) is 0 Å². The molecule has 0 unspecified atom stereocenters. The van der Waals surface area contributed by atoms with Crippen molar-refractivity contribution in [2.45, 2.75) is 31.7 Å². The molecule has 0 saturated heterocycles. The average molecular weight is 560 g/mol. The quantitative estimate of drug-likeness (QED) is 0.276. The van der Waals surface area contributed by atoms with Gasteiger partial charge in [-0.3, -0.25) is 14.6 Å². The number of fused-ring (bicyclic) bond motifs is 2. The van der Waals surface area contributed by atoms with E-state index in [1.807, 2.05) is 24.3 Å². The first-order chi connectivity index (χ1) is 19.4. The van der Waals surface area contributed by atoms with Crippen LogP contribution in [0.1, 0.15) is 45.5 Å². The summed E-state index contributed by atoms with van der Waals surface area (Å²) >= 11 is 6.42. The second-order valence-corrected chi connectivity index (χ2v) is 10.2. The molecule has 2 aromatic heterocycles. The van der Waals surface area contributed by atoms with Crippen LogP contribution in [0.4, 0.5) is 11.4 Å². The van der Waals surface area contributed by atoms with Gasteiger partial charge in [-0.05, 0) is 43.0 Å². The molecule has 1 aliphatic carbocycles. The summed E-state index contributed by atoms with van der Waals surface area (Å²) in [5.41, 5.74) is 3.33. The third-order valence-electron chi connectivity index (χ3n) is 7.28. The summed E-state index contributed by atoms with van der Waals surface area (Å²) in [5, 5.41) is 0.773. The molecule has 1 aliphatic heterocycles. The Morgan fingerprint density at radius 1 is 1.07 bits per heavy atom. The molecule has 0 radical (unpaired) electrons. The van der Waals surface area contributed by atoms with Gasteiger partial charge in [0.2, 0.25) is 0 Å². The summed E-state index contributed by atoms with van der Waals surface area (Å²) in [4.78, 5) is 46.9. The van der Waals surface area contributed by atoms with E-state index in [2.05, 4.69) is 9.88 Å². The van der Waals surface area contributed by atoms with E-state index in [9.17, 15) is 14.4 Å². The highest BCUT2D eigenvalue weighted by atomic mass is 35.5. The van der Waals surface area contributed by atoms with E-state index in [-0.39, 0.29) is 40.2 Å². The number of esters is 2. The third kappa shape index (κ3) is 4.88. The standard InChI is InChI=1S/C30H26ClN3O6/c1-38-28(35)9-6-18-17-39-27-15-23(31)21(14-20(18)27)30(37)40-26-10-11-32-16-22(26)29(36)34-13-12-33(19-7-8-19)24-4-2-3-5-25(24)34/h2-5,10-11,14-17,19H,6-9,12-13H2,1H3. The molecule has 9 nitrogen and oxygen atoms in total. The van der Waals surface area contributed by atoms with Crippen molar-refractivity contribution in [1.29, 1.82) is 0 Å². The number of aromatic nitrogens is 1. The number of carbonyl (C=O) groups is 3. The van der Waals surface area contributed by atoms with E-state index < -0.39 is 5.97 Å². The van der Waals surface area contributed by atoms with Gasteiger partial charge in [0.15, 0.2) is 0 Å². The molecule has 2 aromatic carbocycles. The number of carbonyl (C=O) groups excluding carboxylic acids is 3. The molecule has 3 heterocycles. The predicted molar refractivity (Wildman–Crippen MR) is 149 cm³/mol. The van der Waals surface area contributed by atoms with Gasteiger partial charge in [0.05, 0.1) is 35.3 Å². The fraction of sp³-hybridized carbons (Fsp3) is 0.267. The van der Waals surface area contributed by atoms with Crippen LogP contribution < -0.4 is 14.5 Å². The Morgan fingerprint density at radius 2 is 1.88 bits per heavy atom. The van der Waals surface area contributed by atoms with Crippen molar-refractivity contribution in [2.75, 3.05) is 30.0 Å². The lowest BCUT2D eigenvalue weighted by Gasteiger charge is -2.38. The van der Waals surface area contributed by atoms with Crippen molar-refractivity contribution in [1.82, 2.24) is 4.98 Å². The molecule has 6 rings (SSSR count). The van der Waals surface area contributed by atoms with Crippen LogP contribution in [0.3, 0.4) is 0 Å². The van der Waals surface area contributed by atoms with E-state index in [1.54, 1.807) is 11.0 Å². The zero-order valence-electron chi connectivity index (χ0n) is 21.8. The Bertz CT molecular complexity index is 1630. The van der Waals surface area contributed by atoms with Gasteiger partial charge in [0.1, 0.15) is 16.9 Å². The molecule has 10 heteroatoms. The number of aryl methyl sites for hydroxylation is 1. The Hall–Kier alpha value is -4.37. The second-order valence-electron chi connectivity index (χ2n) is 9.80. The minimum absolute atomic E-state index is 0.0846. The average Bonchev–Trinajstić information content (AvgIpc) is 3.75. The van der Waals surface area contributed by atoms with Crippen molar-refractivity contribution in [3.63, 3.8) is 0 Å². The smallest absolute Gasteiger partial charge is 0.345 e. The molecule has 0 atom stereocenters. The van der Waals surface area contributed by atoms with E-state index in [1.165, 1.54) is 37.9 Å². The van der Waals surface area contributed by atoms with Crippen LogP contribution in [0.25, 0.3) is 11.0 Å². The van der Waals surface area contributed by atoms with Gasteiger partial charge in [-0.2, -0.15) is 0 Å². The first-order valence-electron chi connectivity index (χ1n) is 13.0. The summed E-state index contributed by atoms with van der Waals surface area (Å²) in [5.74, 6) is -1.30. The van der Waals surface area contributed by atoms with Crippen LogP contribution in [0.15, 0.2) is 65.5 Å². The van der Waals surface area contributed by atoms with Crippen molar-refractivity contribution in [3.05, 3.63) is 82.8 Å². The first-order valence-corrected chi connectivity index (χ1v) is 13.4. The van der Waals surface area contributed by atoms with Crippen LogP contribution >= 0.6 is 11.6 Å². The molecule has 0 bridgehead atoms. The maximum Gasteiger partial charge on any atom is 0.345 e. The number of halogens is 1. The number of methoxy groups -OCH3 is 1. The number of benzene rings is 2. The first kappa shape index (κ1) is 25.9. The van der Waals surface area contributed by atoms with Crippen LogP contribution in [0.2, 0.25) is 5.02 Å². The van der Waals surface area contributed by atoms with Crippen LogP contribution in [0.5, 0.6) is 5.75 Å². The number of anilines is 2. The Balaban J connectivity index is 1.27. The number of para-hydroxylation sites is 2. The molecule has 4 aromatic rings. The topological polar surface area (TPSA) is 102 Å². The van der Waals surface area contributed by atoms with E-state index in [4.69, 9.17) is 25.5 Å². The lowest BCUT2D eigenvalue weighted by atomic mass is 10.1. The maximum absolute atomic E-state index is 13.8. The number of amides is 1. The fourth-order valence-corrected chi connectivity index (χ4v) is 5.31. The largest absolute Gasteiger partial charge is 0.469 e. The molecule has 1 amide bonds. The molecule has 40 heavy (non-hydrogen) atoms. The fourth-order valence-electron chi connectivity index (χ4n) is 5.08. The van der Waals surface area contributed by atoms with E-state index in [0.717, 1.165) is 36.3 Å². The van der Waals surface area contributed by atoms with Gasteiger partial charge in [0.25, 0.3) is 5.91 Å². The predicted octanol–water partition coefficient (Wildman–Crippen LogP) is 5.44. The summed E-state index contributed by atoms with van der Waals surface area (Å²) in [6.45, 7) is 1.23. The van der Waals surface area contributed by atoms with Crippen LogP contribution in [-0.2, 0) is 16.0 Å². The van der Waals surface area contributed by atoms with E-state index >= 15 is 0 Å². The highest BCUT2D eigenvalue weighted by molar-refractivity contribution is 6.34. The summed E-state index contributed by atoms with van der Waals surface area (Å²) in [6.07, 6.45) is 7.24. The lowest BCUT2D eigenvalue weighted by Crippen LogP contribution is -2.45. The Morgan fingerprint density at radius 3 is 2.65 bits per heavy atom. The third-order valence-corrected chi connectivity index (χ3v) is 7.60. The molecule has 204 valence electrons. The molecular weight excluding hydrogens is 534 g/mol. The summed E-state index contributed by atoms with van der Waals surface area (Å²) < 4.78 is 16.0. The molecule has 1 fully saturated rings. The van der Waals surface area contributed by atoms with Crippen molar-refractivity contribution < 1.29 is 28.3 Å². The Labute approximate surface area is 235 Å². The number of ether oxygens (including phenoxy) is 2. The van der Waals surface area contributed by atoms with Crippen LogP contribution in [-0.4, -0.2) is 49.1 Å². The van der Waals surface area contributed by atoms with Gasteiger partial charge in [0, 0.05) is 55.5 Å². The minimum atomic E-state index is -0.730. The lowest BCUT2D eigenvalue weighted by molar-refractivity contribution is -0.140. The van der Waals surface area contributed by atoms with Crippen molar-refractivity contribution in [2.24, 2.45) is 0 Å². The summed E-state index contributed by atoms with van der Waals surface area (Å²) in [6, 6.07) is 13.0.